The van der Waals surface area contributed by atoms with E-state index in [2.05, 4.69) is 13.8 Å². The average Bonchev–Trinajstić information content (AvgIpc) is 2.64. The second-order valence-corrected chi connectivity index (χ2v) is 5.31. The summed E-state index contributed by atoms with van der Waals surface area (Å²) in [6, 6.07) is 0. The van der Waals surface area contributed by atoms with Crippen molar-refractivity contribution < 1.29 is 9.53 Å². The lowest BCUT2D eigenvalue weighted by atomic mass is 9.74. The summed E-state index contributed by atoms with van der Waals surface area (Å²) in [7, 11) is 1.74. The van der Waals surface area contributed by atoms with Crippen molar-refractivity contribution in [3.8, 4) is 0 Å². The number of hydrogen-bond donors (Lipinski definition) is 0. The third-order valence-electron chi connectivity index (χ3n) is 4.11. The molecule has 0 heterocycles. The second kappa shape index (κ2) is 3.75. The van der Waals surface area contributed by atoms with E-state index in [0.29, 0.717) is 11.7 Å². The van der Waals surface area contributed by atoms with Crippen molar-refractivity contribution in [2.24, 2.45) is 11.3 Å². The summed E-state index contributed by atoms with van der Waals surface area (Å²) in [5.41, 5.74) is 2.68. The summed E-state index contributed by atoms with van der Waals surface area (Å²) >= 11 is 0. The topological polar surface area (TPSA) is 26.3 Å². The molecule has 84 valence electrons. The first kappa shape index (κ1) is 10.9. The van der Waals surface area contributed by atoms with Gasteiger partial charge >= 0.3 is 0 Å². The normalized spacial score (nSPS) is 28.7. The Kier molecular flexibility index (Phi) is 2.72. The zero-order valence-electron chi connectivity index (χ0n) is 9.93. The third kappa shape index (κ3) is 1.65. The number of ketones is 1. The van der Waals surface area contributed by atoms with Gasteiger partial charge in [-0.3, -0.25) is 4.79 Å². The molecular formula is C13H20O2. The van der Waals surface area contributed by atoms with Crippen molar-refractivity contribution in [3.05, 3.63) is 11.1 Å². The molecule has 0 saturated heterocycles. The van der Waals surface area contributed by atoms with Gasteiger partial charge in [0.25, 0.3) is 0 Å². The molecule has 2 heteroatoms. The molecule has 0 aromatic carbocycles. The van der Waals surface area contributed by atoms with Gasteiger partial charge in [-0.05, 0) is 30.6 Å². The number of Topliss-reactive ketones (excluding diaryl/α,β-unsaturated/α-hetero) is 1. The molecule has 0 amide bonds. The highest BCUT2D eigenvalue weighted by molar-refractivity contribution is 6.00. The Labute approximate surface area is 91.7 Å². The minimum absolute atomic E-state index is 0.0848. The van der Waals surface area contributed by atoms with Crippen molar-refractivity contribution in [3.63, 3.8) is 0 Å². The molecule has 0 unspecified atom stereocenters. The standard InChI is InChI=1S/C13H20O2/c1-13(2)10(6-7-15-3)8-9-4-5-11(14)12(9)13/h10H,4-8H2,1-3H3/t10-/m1/s1. The molecule has 0 aromatic heterocycles. The van der Waals surface area contributed by atoms with E-state index in [9.17, 15) is 4.79 Å². The first-order valence-corrected chi connectivity index (χ1v) is 5.82. The summed E-state index contributed by atoms with van der Waals surface area (Å²) in [6.07, 6.45) is 3.97. The lowest BCUT2D eigenvalue weighted by Gasteiger charge is -2.30. The predicted octanol–water partition coefficient (Wildman–Crippen LogP) is 2.73. The largest absolute Gasteiger partial charge is 0.385 e. The summed E-state index contributed by atoms with van der Waals surface area (Å²) in [4.78, 5) is 11.8. The van der Waals surface area contributed by atoms with Crippen molar-refractivity contribution in [2.45, 2.75) is 39.5 Å². The maximum Gasteiger partial charge on any atom is 0.159 e. The summed E-state index contributed by atoms with van der Waals surface area (Å²) in [6.45, 7) is 5.25. The molecule has 0 aliphatic heterocycles. The molecule has 0 radical (unpaired) electrons. The fourth-order valence-corrected chi connectivity index (χ4v) is 3.21. The molecule has 0 bridgehead atoms. The van der Waals surface area contributed by atoms with Crippen molar-refractivity contribution >= 4 is 5.78 Å². The number of rotatable bonds is 3. The van der Waals surface area contributed by atoms with E-state index < -0.39 is 0 Å². The fraction of sp³-hybridized carbons (Fsp3) is 0.769. The average molecular weight is 208 g/mol. The zero-order chi connectivity index (χ0) is 11.1. The maximum atomic E-state index is 11.8. The number of methoxy groups -OCH3 is 1. The predicted molar refractivity (Wildman–Crippen MR) is 59.6 cm³/mol. The van der Waals surface area contributed by atoms with Crippen LogP contribution in [0.3, 0.4) is 0 Å². The molecule has 1 atom stereocenters. The summed E-state index contributed by atoms with van der Waals surface area (Å²) < 4.78 is 5.14. The minimum atomic E-state index is 0.0848. The van der Waals surface area contributed by atoms with Gasteiger partial charge < -0.3 is 4.74 Å². The monoisotopic (exact) mass is 208 g/mol. The molecule has 2 aliphatic carbocycles. The van der Waals surface area contributed by atoms with Gasteiger partial charge in [-0.25, -0.2) is 0 Å². The van der Waals surface area contributed by atoms with Gasteiger partial charge in [0.15, 0.2) is 5.78 Å². The van der Waals surface area contributed by atoms with Gasteiger partial charge in [0.2, 0.25) is 0 Å². The van der Waals surface area contributed by atoms with E-state index in [4.69, 9.17) is 4.74 Å². The van der Waals surface area contributed by atoms with E-state index in [1.807, 2.05) is 0 Å². The van der Waals surface area contributed by atoms with Crippen LogP contribution in [0.25, 0.3) is 0 Å². The number of allylic oxidation sites excluding steroid dienone is 2. The van der Waals surface area contributed by atoms with E-state index in [0.717, 1.165) is 37.9 Å². The molecule has 2 nitrogen and oxygen atoms in total. The number of hydrogen-bond acceptors (Lipinski definition) is 2. The molecule has 0 spiro atoms. The van der Waals surface area contributed by atoms with E-state index in [1.165, 1.54) is 5.57 Å². The second-order valence-electron chi connectivity index (χ2n) is 5.31. The van der Waals surface area contributed by atoms with Gasteiger partial charge in [0.1, 0.15) is 0 Å². The summed E-state index contributed by atoms with van der Waals surface area (Å²) in [5.74, 6) is 1.00. The quantitative estimate of drug-likeness (QED) is 0.713. The van der Waals surface area contributed by atoms with Gasteiger partial charge in [-0.2, -0.15) is 0 Å². The molecule has 2 aliphatic rings. The Hall–Kier alpha value is -0.630. The van der Waals surface area contributed by atoms with Crippen LogP contribution in [-0.4, -0.2) is 19.5 Å². The molecule has 0 aromatic rings. The first-order valence-electron chi connectivity index (χ1n) is 5.82. The molecular weight excluding hydrogens is 188 g/mol. The maximum absolute atomic E-state index is 11.8. The van der Waals surface area contributed by atoms with Crippen LogP contribution >= 0.6 is 0 Å². The minimum Gasteiger partial charge on any atom is -0.385 e. The van der Waals surface area contributed by atoms with Crippen LogP contribution in [0.15, 0.2) is 11.1 Å². The lowest BCUT2D eigenvalue weighted by Crippen LogP contribution is -2.25. The highest BCUT2D eigenvalue weighted by Gasteiger charge is 2.45. The Morgan fingerprint density at radius 1 is 1.40 bits per heavy atom. The molecule has 0 saturated carbocycles. The van der Waals surface area contributed by atoms with E-state index >= 15 is 0 Å². The molecule has 0 N–H and O–H groups in total. The van der Waals surface area contributed by atoms with Crippen LogP contribution < -0.4 is 0 Å². The van der Waals surface area contributed by atoms with Crippen LogP contribution in [-0.2, 0) is 9.53 Å². The van der Waals surface area contributed by atoms with E-state index in [-0.39, 0.29) is 5.41 Å². The Bertz CT molecular complexity index is 312. The van der Waals surface area contributed by atoms with Crippen LogP contribution in [0.1, 0.15) is 39.5 Å². The van der Waals surface area contributed by atoms with Gasteiger partial charge in [0.05, 0.1) is 0 Å². The lowest BCUT2D eigenvalue weighted by molar-refractivity contribution is -0.116. The first-order chi connectivity index (χ1) is 7.07. The SMILES string of the molecule is COCC[C@@H]1CC2=C(C(=O)CC2)C1(C)C. The smallest absolute Gasteiger partial charge is 0.159 e. The zero-order valence-corrected chi connectivity index (χ0v) is 9.93. The van der Waals surface area contributed by atoms with Gasteiger partial charge in [-0.15, -0.1) is 0 Å². The van der Waals surface area contributed by atoms with Crippen LogP contribution in [0.4, 0.5) is 0 Å². The molecule has 0 fully saturated rings. The third-order valence-corrected chi connectivity index (χ3v) is 4.11. The summed E-state index contributed by atoms with van der Waals surface area (Å²) in [5, 5.41) is 0. The van der Waals surface area contributed by atoms with Crippen LogP contribution in [0.5, 0.6) is 0 Å². The van der Waals surface area contributed by atoms with Crippen LogP contribution in [0.2, 0.25) is 0 Å². The number of ether oxygens (including phenoxy) is 1. The van der Waals surface area contributed by atoms with E-state index in [1.54, 1.807) is 7.11 Å². The molecule has 15 heavy (non-hydrogen) atoms. The van der Waals surface area contributed by atoms with Gasteiger partial charge in [-0.1, -0.05) is 19.4 Å². The fourth-order valence-electron chi connectivity index (χ4n) is 3.21. The van der Waals surface area contributed by atoms with Crippen molar-refractivity contribution in [1.82, 2.24) is 0 Å². The highest BCUT2D eigenvalue weighted by atomic mass is 16.5. The number of carbonyl (C=O) groups is 1. The van der Waals surface area contributed by atoms with Gasteiger partial charge in [0, 0.05) is 25.7 Å². The van der Waals surface area contributed by atoms with Crippen LogP contribution in [0, 0.1) is 11.3 Å². The van der Waals surface area contributed by atoms with Crippen molar-refractivity contribution in [2.75, 3.05) is 13.7 Å². The Balaban J connectivity index is 2.15. The van der Waals surface area contributed by atoms with Crippen molar-refractivity contribution in [1.29, 1.82) is 0 Å². The highest BCUT2D eigenvalue weighted by Crippen LogP contribution is 2.53. The number of carbonyl (C=O) groups excluding carboxylic acids is 1. The Morgan fingerprint density at radius 2 is 2.13 bits per heavy atom. The Morgan fingerprint density at radius 3 is 2.73 bits per heavy atom. The molecule has 2 rings (SSSR count).